The standard InChI is InChI=1S/C17H20F3NO3/c1-16(2,3)24-15(22)21-8-4-5-12-14(21)11-7-6-10(17(18,19)20)9-13(11)23-12/h6-7,9,12,14H,4-5,8H2,1-3H3. The molecule has 2 aliphatic rings. The van der Waals surface area contributed by atoms with Crippen molar-refractivity contribution in [1.29, 1.82) is 0 Å². The van der Waals surface area contributed by atoms with Crippen molar-refractivity contribution in [2.75, 3.05) is 6.54 Å². The minimum absolute atomic E-state index is 0.204. The van der Waals surface area contributed by atoms with E-state index in [0.717, 1.165) is 18.6 Å². The first-order valence-electron chi connectivity index (χ1n) is 7.94. The van der Waals surface area contributed by atoms with Gasteiger partial charge in [-0.3, -0.25) is 4.90 Å². The number of alkyl halides is 3. The third kappa shape index (κ3) is 3.16. The van der Waals surface area contributed by atoms with E-state index in [4.69, 9.17) is 9.47 Å². The van der Waals surface area contributed by atoms with Crippen molar-refractivity contribution in [3.8, 4) is 5.75 Å². The van der Waals surface area contributed by atoms with E-state index in [1.54, 1.807) is 25.7 Å². The molecule has 3 rings (SSSR count). The van der Waals surface area contributed by atoms with Gasteiger partial charge in [-0.1, -0.05) is 6.07 Å². The lowest BCUT2D eigenvalue weighted by molar-refractivity contribution is -0.137. The Morgan fingerprint density at radius 1 is 1.29 bits per heavy atom. The minimum Gasteiger partial charge on any atom is -0.488 e. The normalized spacial score (nSPS) is 23.3. The molecule has 2 heterocycles. The molecule has 0 N–H and O–H groups in total. The predicted molar refractivity (Wildman–Crippen MR) is 80.8 cm³/mol. The molecule has 0 aromatic heterocycles. The van der Waals surface area contributed by atoms with Gasteiger partial charge in [-0.2, -0.15) is 13.2 Å². The van der Waals surface area contributed by atoms with Gasteiger partial charge < -0.3 is 9.47 Å². The van der Waals surface area contributed by atoms with Crippen LogP contribution in [0, 0.1) is 0 Å². The van der Waals surface area contributed by atoms with Crippen molar-refractivity contribution in [1.82, 2.24) is 4.90 Å². The maximum atomic E-state index is 12.9. The number of fused-ring (bicyclic) bond motifs is 3. The van der Waals surface area contributed by atoms with Gasteiger partial charge >= 0.3 is 12.3 Å². The molecule has 0 bridgehead atoms. The van der Waals surface area contributed by atoms with Crippen LogP contribution in [0.15, 0.2) is 18.2 Å². The Bertz CT molecular complexity index is 651. The number of likely N-dealkylation sites (tertiary alicyclic amines) is 1. The lowest BCUT2D eigenvalue weighted by Crippen LogP contribution is -2.46. The van der Waals surface area contributed by atoms with Crippen LogP contribution in [0.3, 0.4) is 0 Å². The second kappa shape index (κ2) is 5.57. The number of piperidine rings is 1. The number of halogens is 3. The zero-order chi connectivity index (χ0) is 17.7. The molecule has 1 amide bonds. The molecule has 0 aliphatic carbocycles. The Morgan fingerprint density at radius 3 is 2.62 bits per heavy atom. The zero-order valence-electron chi connectivity index (χ0n) is 13.8. The lowest BCUT2D eigenvalue weighted by atomic mass is 9.94. The molecule has 24 heavy (non-hydrogen) atoms. The van der Waals surface area contributed by atoms with Crippen LogP contribution in [-0.4, -0.2) is 29.2 Å². The summed E-state index contributed by atoms with van der Waals surface area (Å²) in [6, 6.07) is 3.06. The molecular weight excluding hydrogens is 323 g/mol. The van der Waals surface area contributed by atoms with Gasteiger partial charge in [-0.15, -0.1) is 0 Å². The highest BCUT2D eigenvalue weighted by Crippen LogP contribution is 2.46. The molecular formula is C17H20F3NO3. The van der Waals surface area contributed by atoms with Crippen molar-refractivity contribution in [3.63, 3.8) is 0 Å². The van der Waals surface area contributed by atoms with E-state index in [2.05, 4.69) is 0 Å². The van der Waals surface area contributed by atoms with Crippen LogP contribution in [-0.2, 0) is 10.9 Å². The Hall–Kier alpha value is -1.92. The van der Waals surface area contributed by atoms with E-state index < -0.39 is 29.5 Å². The second-order valence-electron chi connectivity index (χ2n) is 7.17. The molecule has 0 saturated carbocycles. The Balaban J connectivity index is 1.90. The van der Waals surface area contributed by atoms with E-state index in [-0.39, 0.29) is 11.9 Å². The quantitative estimate of drug-likeness (QED) is 0.694. The summed E-state index contributed by atoms with van der Waals surface area (Å²) in [7, 11) is 0. The van der Waals surface area contributed by atoms with Crippen molar-refractivity contribution >= 4 is 6.09 Å². The lowest BCUT2D eigenvalue weighted by Gasteiger charge is -2.37. The number of carbonyl (C=O) groups excluding carboxylic acids is 1. The van der Waals surface area contributed by atoms with Crippen LogP contribution in [0.1, 0.15) is 50.8 Å². The largest absolute Gasteiger partial charge is 0.488 e. The van der Waals surface area contributed by atoms with Gasteiger partial charge in [0, 0.05) is 12.1 Å². The summed E-state index contributed by atoms with van der Waals surface area (Å²) in [5.74, 6) is 0.204. The highest BCUT2D eigenvalue weighted by atomic mass is 19.4. The van der Waals surface area contributed by atoms with Crippen LogP contribution in [0.25, 0.3) is 0 Å². The summed E-state index contributed by atoms with van der Waals surface area (Å²) in [5.41, 5.74) is -0.769. The first-order chi connectivity index (χ1) is 11.1. The molecule has 1 fully saturated rings. The van der Waals surface area contributed by atoms with Crippen LogP contribution in [0.2, 0.25) is 0 Å². The molecule has 0 radical (unpaired) electrons. The Labute approximate surface area is 138 Å². The molecule has 1 aromatic carbocycles. The summed E-state index contributed by atoms with van der Waals surface area (Å²) in [5, 5.41) is 0. The number of benzene rings is 1. The Kier molecular flexibility index (Phi) is 3.92. The summed E-state index contributed by atoms with van der Waals surface area (Å²) in [6.45, 7) is 5.84. The van der Waals surface area contributed by atoms with Gasteiger partial charge in [0.15, 0.2) is 0 Å². The fraction of sp³-hybridized carbons (Fsp3) is 0.588. The molecule has 132 valence electrons. The molecule has 0 spiro atoms. The highest BCUT2D eigenvalue weighted by Gasteiger charge is 2.45. The van der Waals surface area contributed by atoms with Crippen molar-refractivity contribution in [2.45, 2.75) is 57.5 Å². The maximum absolute atomic E-state index is 12.9. The van der Waals surface area contributed by atoms with Gasteiger partial charge in [0.25, 0.3) is 0 Å². The molecule has 7 heteroatoms. The number of carbonyl (C=O) groups is 1. The van der Waals surface area contributed by atoms with Crippen molar-refractivity contribution in [3.05, 3.63) is 29.3 Å². The number of hydrogen-bond acceptors (Lipinski definition) is 3. The Morgan fingerprint density at radius 2 is 2.00 bits per heavy atom. The summed E-state index contributed by atoms with van der Waals surface area (Å²) in [4.78, 5) is 14.0. The zero-order valence-corrected chi connectivity index (χ0v) is 13.8. The summed E-state index contributed by atoms with van der Waals surface area (Å²) in [6.07, 6.45) is -3.80. The molecule has 2 atom stereocenters. The molecule has 2 unspecified atom stereocenters. The average Bonchev–Trinajstić information content (AvgIpc) is 2.81. The maximum Gasteiger partial charge on any atom is 0.416 e. The number of hydrogen-bond donors (Lipinski definition) is 0. The SMILES string of the molecule is CC(C)(C)OC(=O)N1CCCC2Oc3cc(C(F)(F)F)ccc3C21. The summed E-state index contributed by atoms with van der Waals surface area (Å²) < 4.78 is 49.8. The third-order valence-corrected chi connectivity index (χ3v) is 4.14. The predicted octanol–water partition coefficient (Wildman–Crippen LogP) is 4.54. The topological polar surface area (TPSA) is 38.8 Å². The van der Waals surface area contributed by atoms with Gasteiger partial charge in [-0.25, -0.2) is 4.79 Å². The van der Waals surface area contributed by atoms with Gasteiger partial charge in [0.2, 0.25) is 0 Å². The van der Waals surface area contributed by atoms with E-state index in [1.165, 1.54) is 6.07 Å². The van der Waals surface area contributed by atoms with E-state index in [1.807, 2.05) is 0 Å². The van der Waals surface area contributed by atoms with Crippen molar-refractivity contribution in [2.24, 2.45) is 0 Å². The fourth-order valence-corrected chi connectivity index (χ4v) is 3.20. The van der Waals surface area contributed by atoms with E-state index >= 15 is 0 Å². The number of ether oxygens (including phenoxy) is 2. The van der Waals surface area contributed by atoms with E-state index in [9.17, 15) is 18.0 Å². The van der Waals surface area contributed by atoms with Gasteiger partial charge in [0.05, 0.1) is 5.56 Å². The summed E-state index contributed by atoms with van der Waals surface area (Å²) >= 11 is 0. The first kappa shape index (κ1) is 16.9. The molecule has 1 saturated heterocycles. The van der Waals surface area contributed by atoms with E-state index in [0.29, 0.717) is 18.5 Å². The second-order valence-corrected chi connectivity index (χ2v) is 7.17. The van der Waals surface area contributed by atoms with Crippen LogP contribution in [0.5, 0.6) is 5.75 Å². The smallest absolute Gasteiger partial charge is 0.416 e. The monoisotopic (exact) mass is 343 g/mol. The van der Waals surface area contributed by atoms with Crippen molar-refractivity contribution < 1.29 is 27.4 Å². The third-order valence-electron chi connectivity index (χ3n) is 4.14. The first-order valence-corrected chi connectivity index (χ1v) is 7.94. The minimum atomic E-state index is -4.42. The molecule has 2 aliphatic heterocycles. The van der Waals surface area contributed by atoms with Gasteiger partial charge in [0.1, 0.15) is 23.5 Å². The number of nitrogens with zero attached hydrogens (tertiary/aromatic N) is 1. The number of rotatable bonds is 0. The fourth-order valence-electron chi connectivity index (χ4n) is 3.20. The van der Waals surface area contributed by atoms with Crippen LogP contribution in [0.4, 0.5) is 18.0 Å². The highest BCUT2D eigenvalue weighted by molar-refractivity contribution is 5.70. The average molecular weight is 343 g/mol. The molecule has 1 aromatic rings. The number of amides is 1. The van der Waals surface area contributed by atoms with Crippen LogP contribution < -0.4 is 4.74 Å². The van der Waals surface area contributed by atoms with Crippen LogP contribution >= 0.6 is 0 Å². The van der Waals surface area contributed by atoms with Gasteiger partial charge in [-0.05, 0) is 45.7 Å². The molecule has 4 nitrogen and oxygen atoms in total.